The third-order valence-corrected chi connectivity index (χ3v) is 6.18. The SMILES string of the molecule is CC(=O)O[C@H]1[C@@H](OC(C)=O)[C@@H](C(Cc2ccccc2)Cc2ccccc2)O[C@@H](OP(O)O)[C@@H]1OC(C)=O. The van der Waals surface area contributed by atoms with E-state index in [2.05, 4.69) is 0 Å². The predicted molar refractivity (Wildman–Crippen MR) is 132 cm³/mol. The van der Waals surface area contributed by atoms with Crippen LogP contribution in [0.5, 0.6) is 0 Å². The monoisotopic (exact) mass is 534 g/mol. The highest BCUT2D eigenvalue weighted by molar-refractivity contribution is 7.39. The molecular formula is C26H31O10P. The molecule has 2 aromatic rings. The lowest BCUT2D eigenvalue weighted by Crippen LogP contribution is -2.63. The van der Waals surface area contributed by atoms with E-state index in [-0.39, 0.29) is 5.92 Å². The third kappa shape index (κ3) is 8.59. The normalized spacial score (nSPS) is 23.5. The van der Waals surface area contributed by atoms with Gasteiger partial charge in [0.1, 0.15) is 6.10 Å². The number of hydrogen-bond acceptors (Lipinski definition) is 10. The zero-order chi connectivity index (χ0) is 26.9. The van der Waals surface area contributed by atoms with Crippen LogP contribution in [-0.4, -0.2) is 58.4 Å². The van der Waals surface area contributed by atoms with Gasteiger partial charge in [0.2, 0.25) is 6.29 Å². The van der Waals surface area contributed by atoms with Crippen molar-refractivity contribution in [2.75, 3.05) is 0 Å². The fourth-order valence-electron chi connectivity index (χ4n) is 4.50. The lowest BCUT2D eigenvalue weighted by atomic mass is 9.82. The summed E-state index contributed by atoms with van der Waals surface area (Å²) in [7, 11) is -2.94. The quantitative estimate of drug-likeness (QED) is 0.266. The molecule has 1 heterocycles. The second-order valence-electron chi connectivity index (χ2n) is 8.69. The summed E-state index contributed by atoms with van der Waals surface area (Å²) < 4.78 is 27.8. The molecule has 1 aliphatic rings. The lowest BCUT2D eigenvalue weighted by Gasteiger charge is -2.46. The minimum absolute atomic E-state index is 0.361. The van der Waals surface area contributed by atoms with E-state index in [1.807, 2.05) is 60.7 Å². The summed E-state index contributed by atoms with van der Waals surface area (Å²) in [5.41, 5.74) is 1.95. The molecule has 200 valence electrons. The van der Waals surface area contributed by atoms with Gasteiger partial charge < -0.3 is 28.7 Å². The van der Waals surface area contributed by atoms with E-state index < -0.39 is 57.2 Å². The van der Waals surface area contributed by atoms with Gasteiger partial charge in [-0.05, 0) is 29.9 Å². The molecule has 2 aromatic carbocycles. The van der Waals surface area contributed by atoms with Crippen molar-refractivity contribution < 1.29 is 47.6 Å². The van der Waals surface area contributed by atoms with Crippen LogP contribution < -0.4 is 0 Å². The van der Waals surface area contributed by atoms with E-state index in [0.29, 0.717) is 12.8 Å². The Labute approximate surface area is 216 Å². The molecule has 2 N–H and O–H groups in total. The Balaban J connectivity index is 2.09. The highest BCUT2D eigenvalue weighted by Gasteiger charge is 2.54. The minimum atomic E-state index is -2.94. The highest BCUT2D eigenvalue weighted by atomic mass is 31.2. The number of esters is 3. The van der Waals surface area contributed by atoms with Crippen molar-refractivity contribution in [2.24, 2.45) is 5.92 Å². The molecule has 1 aliphatic heterocycles. The summed E-state index contributed by atoms with van der Waals surface area (Å²) in [6.45, 7) is 3.49. The van der Waals surface area contributed by atoms with Crippen molar-refractivity contribution in [3.05, 3.63) is 71.8 Å². The van der Waals surface area contributed by atoms with E-state index in [1.165, 1.54) is 6.92 Å². The maximum atomic E-state index is 12.2. The second-order valence-corrected chi connectivity index (χ2v) is 9.41. The number of carbonyl (C=O) groups excluding carboxylic acids is 3. The topological polar surface area (TPSA) is 138 Å². The van der Waals surface area contributed by atoms with E-state index in [0.717, 1.165) is 25.0 Å². The molecule has 0 aliphatic carbocycles. The van der Waals surface area contributed by atoms with Crippen LogP contribution in [-0.2, 0) is 50.7 Å². The van der Waals surface area contributed by atoms with Gasteiger partial charge in [-0.1, -0.05) is 60.7 Å². The maximum absolute atomic E-state index is 12.2. The van der Waals surface area contributed by atoms with Crippen LogP contribution >= 0.6 is 8.60 Å². The average Bonchev–Trinajstić information content (AvgIpc) is 2.82. The van der Waals surface area contributed by atoms with Crippen LogP contribution in [0, 0.1) is 5.92 Å². The first-order chi connectivity index (χ1) is 17.6. The van der Waals surface area contributed by atoms with Gasteiger partial charge in [0.05, 0.1) is 0 Å². The lowest BCUT2D eigenvalue weighted by molar-refractivity contribution is -0.293. The number of carbonyl (C=O) groups is 3. The van der Waals surface area contributed by atoms with Gasteiger partial charge in [0.25, 0.3) is 0 Å². The van der Waals surface area contributed by atoms with Crippen LogP contribution in [0.1, 0.15) is 31.9 Å². The summed E-state index contributed by atoms with van der Waals surface area (Å²) in [6, 6.07) is 19.2. The molecular weight excluding hydrogens is 503 g/mol. The van der Waals surface area contributed by atoms with Gasteiger partial charge in [-0.15, -0.1) is 0 Å². The molecule has 3 rings (SSSR count). The molecule has 37 heavy (non-hydrogen) atoms. The molecule has 0 saturated carbocycles. The van der Waals surface area contributed by atoms with E-state index in [4.69, 9.17) is 23.5 Å². The first-order valence-electron chi connectivity index (χ1n) is 11.7. The average molecular weight is 534 g/mol. The molecule has 1 fully saturated rings. The molecule has 0 bridgehead atoms. The predicted octanol–water partition coefficient (Wildman–Crippen LogP) is 2.84. The number of rotatable bonds is 10. The first-order valence-corrected chi connectivity index (χ1v) is 12.9. The Morgan fingerprint density at radius 1 is 0.757 bits per heavy atom. The largest absolute Gasteiger partial charge is 0.456 e. The van der Waals surface area contributed by atoms with Crippen molar-refractivity contribution in [1.29, 1.82) is 0 Å². The standard InChI is InChI=1S/C26H31O10P/c1-16(27)32-23-22(21(14-19-10-6-4-7-11-19)15-20-12-8-5-9-13-20)35-26(36-37(30)31)25(34-18(3)29)24(23)33-17(2)28/h4-13,21-26,30-31H,14-15H2,1-3H3/t22-,23+,24+,25-,26+/m1/s1. The third-order valence-electron chi connectivity index (χ3n) is 5.78. The Bertz CT molecular complexity index is 991. The fraction of sp³-hybridized carbons (Fsp3) is 0.423. The summed E-state index contributed by atoms with van der Waals surface area (Å²) >= 11 is 0. The van der Waals surface area contributed by atoms with Gasteiger partial charge in [-0.3, -0.25) is 18.9 Å². The summed E-state index contributed by atoms with van der Waals surface area (Å²) in [6.07, 6.45) is -5.46. The van der Waals surface area contributed by atoms with E-state index in [1.54, 1.807) is 0 Å². The molecule has 0 radical (unpaired) electrons. The van der Waals surface area contributed by atoms with Crippen LogP contribution in [0.25, 0.3) is 0 Å². The zero-order valence-corrected chi connectivity index (χ0v) is 21.7. The molecule has 5 atom stereocenters. The van der Waals surface area contributed by atoms with Crippen LogP contribution in [0.3, 0.4) is 0 Å². The highest BCUT2D eigenvalue weighted by Crippen LogP contribution is 2.39. The molecule has 0 aromatic heterocycles. The summed E-state index contributed by atoms with van der Waals surface area (Å²) in [5, 5.41) is 0. The van der Waals surface area contributed by atoms with Crippen LogP contribution in [0.2, 0.25) is 0 Å². The van der Waals surface area contributed by atoms with Crippen molar-refractivity contribution >= 4 is 26.5 Å². The van der Waals surface area contributed by atoms with Gasteiger partial charge in [0, 0.05) is 20.8 Å². The maximum Gasteiger partial charge on any atom is 0.329 e. The van der Waals surface area contributed by atoms with Crippen molar-refractivity contribution in [1.82, 2.24) is 0 Å². The molecule has 1 saturated heterocycles. The molecule has 0 spiro atoms. The van der Waals surface area contributed by atoms with E-state index in [9.17, 15) is 24.2 Å². The van der Waals surface area contributed by atoms with Crippen molar-refractivity contribution in [3.8, 4) is 0 Å². The Hall–Kier alpha value is -2.88. The van der Waals surface area contributed by atoms with Crippen molar-refractivity contribution in [3.63, 3.8) is 0 Å². The van der Waals surface area contributed by atoms with E-state index >= 15 is 0 Å². The number of ether oxygens (including phenoxy) is 4. The van der Waals surface area contributed by atoms with Gasteiger partial charge in [-0.2, -0.15) is 0 Å². The van der Waals surface area contributed by atoms with Crippen molar-refractivity contribution in [2.45, 2.75) is 64.3 Å². The minimum Gasteiger partial charge on any atom is -0.456 e. The molecule has 0 unspecified atom stereocenters. The van der Waals surface area contributed by atoms with Gasteiger partial charge in [-0.25, -0.2) is 0 Å². The second kappa shape index (κ2) is 13.6. The summed E-state index contributed by atoms with van der Waals surface area (Å²) in [4.78, 5) is 55.4. The molecule has 11 heteroatoms. The molecule has 10 nitrogen and oxygen atoms in total. The molecule has 0 amide bonds. The summed E-state index contributed by atoms with van der Waals surface area (Å²) in [5.74, 6) is -2.51. The van der Waals surface area contributed by atoms with Gasteiger partial charge >= 0.3 is 26.5 Å². The fourth-order valence-corrected chi connectivity index (χ4v) is 4.86. The number of benzene rings is 2. The number of hydrogen-bond donors (Lipinski definition) is 2. The van der Waals surface area contributed by atoms with Gasteiger partial charge in [0.15, 0.2) is 18.3 Å². The van der Waals surface area contributed by atoms with Crippen LogP contribution in [0.15, 0.2) is 60.7 Å². The Morgan fingerprint density at radius 2 is 1.19 bits per heavy atom. The first kappa shape index (κ1) is 28.7. The smallest absolute Gasteiger partial charge is 0.329 e. The van der Waals surface area contributed by atoms with Crippen LogP contribution in [0.4, 0.5) is 0 Å². The Kier molecular flexibility index (Phi) is 10.5. The Morgan fingerprint density at radius 3 is 1.62 bits per heavy atom. The zero-order valence-electron chi connectivity index (χ0n) is 20.8.